The SMILES string of the molecule is CCCCCC[C@@H](F)C(=O)O. The van der Waals surface area contributed by atoms with E-state index in [4.69, 9.17) is 5.11 Å². The Bertz CT molecular complexity index is 115. The van der Waals surface area contributed by atoms with Gasteiger partial charge >= 0.3 is 5.97 Å². The lowest BCUT2D eigenvalue weighted by atomic mass is 10.1. The van der Waals surface area contributed by atoms with Crippen LogP contribution in [0.4, 0.5) is 4.39 Å². The Hall–Kier alpha value is -0.600. The summed E-state index contributed by atoms with van der Waals surface area (Å²) in [5, 5.41) is 8.16. The number of alkyl halides is 1. The zero-order valence-corrected chi connectivity index (χ0v) is 6.85. The molecule has 0 aliphatic rings. The van der Waals surface area contributed by atoms with Crippen molar-refractivity contribution in [2.45, 2.75) is 45.2 Å². The largest absolute Gasteiger partial charge is 0.479 e. The first-order chi connectivity index (χ1) is 5.18. The van der Waals surface area contributed by atoms with E-state index in [2.05, 4.69) is 6.92 Å². The third kappa shape index (κ3) is 5.83. The molecule has 0 aromatic rings. The highest BCUT2D eigenvalue weighted by molar-refractivity contribution is 5.71. The number of carbonyl (C=O) groups is 1. The summed E-state index contributed by atoms with van der Waals surface area (Å²) in [6.07, 6.45) is 2.27. The van der Waals surface area contributed by atoms with E-state index in [0.29, 0.717) is 6.42 Å². The number of carboxylic acids is 1. The number of hydrogen-bond donors (Lipinski definition) is 1. The fourth-order valence-electron chi connectivity index (χ4n) is 0.874. The summed E-state index contributed by atoms with van der Waals surface area (Å²) >= 11 is 0. The first-order valence-electron chi connectivity index (χ1n) is 4.05. The van der Waals surface area contributed by atoms with Gasteiger partial charge in [0.25, 0.3) is 0 Å². The van der Waals surface area contributed by atoms with E-state index in [-0.39, 0.29) is 6.42 Å². The molecule has 0 amide bonds. The minimum Gasteiger partial charge on any atom is -0.479 e. The van der Waals surface area contributed by atoms with Crippen molar-refractivity contribution in [2.24, 2.45) is 0 Å². The Balaban J connectivity index is 3.17. The average molecular weight is 162 g/mol. The zero-order valence-electron chi connectivity index (χ0n) is 6.85. The molecule has 0 aromatic heterocycles. The van der Waals surface area contributed by atoms with E-state index in [1.807, 2.05) is 0 Å². The Morgan fingerprint density at radius 3 is 2.55 bits per heavy atom. The predicted molar refractivity (Wildman–Crippen MR) is 41.3 cm³/mol. The average Bonchev–Trinajstić information content (AvgIpc) is 1.97. The van der Waals surface area contributed by atoms with Gasteiger partial charge in [0.15, 0.2) is 6.17 Å². The molecule has 66 valence electrons. The summed E-state index contributed by atoms with van der Waals surface area (Å²) in [6, 6.07) is 0. The third-order valence-electron chi connectivity index (χ3n) is 1.58. The Morgan fingerprint density at radius 1 is 1.45 bits per heavy atom. The topological polar surface area (TPSA) is 37.3 Å². The first kappa shape index (κ1) is 10.4. The van der Waals surface area contributed by atoms with Crippen molar-refractivity contribution in [3.05, 3.63) is 0 Å². The zero-order chi connectivity index (χ0) is 8.69. The summed E-state index contributed by atoms with van der Waals surface area (Å²) < 4.78 is 12.4. The number of aliphatic carboxylic acids is 1. The highest BCUT2D eigenvalue weighted by atomic mass is 19.1. The maximum atomic E-state index is 12.4. The van der Waals surface area contributed by atoms with Gasteiger partial charge in [-0.1, -0.05) is 26.2 Å². The van der Waals surface area contributed by atoms with Crippen molar-refractivity contribution in [1.29, 1.82) is 0 Å². The molecular formula is C8H15FO2. The van der Waals surface area contributed by atoms with Crippen LogP contribution in [-0.4, -0.2) is 17.2 Å². The molecule has 0 bridgehead atoms. The number of unbranched alkanes of at least 4 members (excludes halogenated alkanes) is 3. The Kier molecular flexibility index (Phi) is 5.80. The van der Waals surface area contributed by atoms with Gasteiger partial charge in [-0.3, -0.25) is 0 Å². The van der Waals surface area contributed by atoms with Crippen molar-refractivity contribution in [3.63, 3.8) is 0 Å². The van der Waals surface area contributed by atoms with Crippen LogP contribution in [0.5, 0.6) is 0 Å². The quantitative estimate of drug-likeness (QED) is 0.609. The summed E-state index contributed by atoms with van der Waals surface area (Å²) in [7, 11) is 0. The number of hydrogen-bond acceptors (Lipinski definition) is 1. The first-order valence-corrected chi connectivity index (χ1v) is 4.05. The van der Waals surface area contributed by atoms with Gasteiger partial charge < -0.3 is 5.11 Å². The van der Waals surface area contributed by atoms with Crippen LogP contribution in [0.15, 0.2) is 0 Å². The van der Waals surface area contributed by atoms with Crippen LogP contribution in [0.2, 0.25) is 0 Å². The fraction of sp³-hybridized carbons (Fsp3) is 0.875. The van der Waals surface area contributed by atoms with Crippen LogP contribution in [0.25, 0.3) is 0 Å². The molecule has 0 aliphatic carbocycles. The van der Waals surface area contributed by atoms with Crippen molar-refractivity contribution in [2.75, 3.05) is 0 Å². The van der Waals surface area contributed by atoms with Gasteiger partial charge in [-0.25, -0.2) is 9.18 Å². The Morgan fingerprint density at radius 2 is 2.09 bits per heavy atom. The molecule has 0 fully saturated rings. The van der Waals surface area contributed by atoms with Gasteiger partial charge in [-0.2, -0.15) is 0 Å². The highest BCUT2D eigenvalue weighted by Gasteiger charge is 2.13. The summed E-state index contributed by atoms with van der Waals surface area (Å²) in [6.45, 7) is 2.06. The number of halogens is 1. The molecule has 2 nitrogen and oxygen atoms in total. The van der Waals surface area contributed by atoms with Crippen LogP contribution >= 0.6 is 0 Å². The van der Waals surface area contributed by atoms with E-state index >= 15 is 0 Å². The molecule has 0 saturated carbocycles. The van der Waals surface area contributed by atoms with Gasteiger partial charge in [0.2, 0.25) is 0 Å². The maximum Gasteiger partial charge on any atom is 0.338 e. The monoisotopic (exact) mass is 162 g/mol. The molecule has 3 heteroatoms. The van der Waals surface area contributed by atoms with Gasteiger partial charge in [0, 0.05) is 0 Å². The Labute approximate surface area is 66.4 Å². The van der Waals surface area contributed by atoms with Crippen LogP contribution < -0.4 is 0 Å². The molecule has 11 heavy (non-hydrogen) atoms. The van der Waals surface area contributed by atoms with Crippen molar-refractivity contribution in [1.82, 2.24) is 0 Å². The summed E-state index contributed by atoms with van der Waals surface area (Å²) in [5.74, 6) is -1.33. The highest BCUT2D eigenvalue weighted by Crippen LogP contribution is 2.07. The van der Waals surface area contributed by atoms with E-state index in [0.717, 1.165) is 19.3 Å². The molecule has 0 heterocycles. The van der Waals surface area contributed by atoms with E-state index < -0.39 is 12.1 Å². The van der Waals surface area contributed by atoms with E-state index in [9.17, 15) is 9.18 Å². The van der Waals surface area contributed by atoms with Crippen molar-refractivity contribution in [3.8, 4) is 0 Å². The minimum absolute atomic E-state index is 0.162. The van der Waals surface area contributed by atoms with E-state index in [1.54, 1.807) is 0 Å². The molecule has 0 spiro atoms. The molecule has 0 aromatic carbocycles. The second kappa shape index (κ2) is 6.13. The fourth-order valence-corrected chi connectivity index (χ4v) is 0.874. The smallest absolute Gasteiger partial charge is 0.338 e. The maximum absolute atomic E-state index is 12.4. The lowest BCUT2D eigenvalue weighted by Crippen LogP contribution is -2.13. The van der Waals surface area contributed by atoms with Gasteiger partial charge in [-0.05, 0) is 12.8 Å². The number of carboxylic acid groups (broad SMARTS) is 1. The van der Waals surface area contributed by atoms with Crippen LogP contribution in [0.1, 0.15) is 39.0 Å². The molecule has 0 radical (unpaired) electrons. The second-order valence-electron chi connectivity index (χ2n) is 2.66. The molecule has 0 saturated heterocycles. The molecule has 0 aliphatic heterocycles. The van der Waals surface area contributed by atoms with Gasteiger partial charge in [0.1, 0.15) is 0 Å². The summed E-state index contributed by atoms with van der Waals surface area (Å²) in [5.41, 5.74) is 0. The number of rotatable bonds is 6. The van der Waals surface area contributed by atoms with Crippen LogP contribution in [0.3, 0.4) is 0 Å². The third-order valence-corrected chi connectivity index (χ3v) is 1.58. The lowest BCUT2D eigenvalue weighted by molar-refractivity contribution is -0.143. The summed E-state index contributed by atoms with van der Waals surface area (Å²) in [4.78, 5) is 9.99. The molecule has 0 unspecified atom stereocenters. The lowest BCUT2D eigenvalue weighted by Gasteiger charge is -2.01. The second-order valence-corrected chi connectivity index (χ2v) is 2.66. The molecule has 1 N–H and O–H groups in total. The van der Waals surface area contributed by atoms with Crippen molar-refractivity contribution < 1.29 is 14.3 Å². The molecule has 1 atom stereocenters. The van der Waals surface area contributed by atoms with Crippen LogP contribution in [0, 0.1) is 0 Å². The minimum atomic E-state index is -1.66. The predicted octanol–water partition coefficient (Wildman–Crippen LogP) is 2.38. The standard InChI is InChI=1S/C8H15FO2/c1-2-3-4-5-6-7(9)8(10)11/h7H,2-6H2,1H3,(H,10,11)/t7-/m1/s1. The van der Waals surface area contributed by atoms with Crippen LogP contribution in [-0.2, 0) is 4.79 Å². The van der Waals surface area contributed by atoms with Gasteiger partial charge in [0.05, 0.1) is 0 Å². The normalized spacial score (nSPS) is 12.9. The molecular weight excluding hydrogens is 147 g/mol. The molecule has 0 rings (SSSR count). The van der Waals surface area contributed by atoms with Gasteiger partial charge in [-0.15, -0.1) is 0 Å². The van der Waals surface area contributed by atoms with E-state index in [1.165, 1.54) is 0 Å². The van der Waals surface area contributed by atoms with Crippen molar-refractivity contribution >= 4 is 5.97 Å².